The number of nitrogens with one attached hydrogen (secondary N) is 1. The first-order chi connectivity index (χ1) is 16.1. The van der Waals surface area contributed by atoms with Gasteiger partial charge in [-0.1, -0.05) is 12.1 Å². The zero-order valence-electron chi connectivity index (χ0n) is 18.7. The Hall–Kier alpha value is -3.56. The van der Waals surface area contributed by atoms with E-state index in [4.69, 9.17) is 0 Å². The first-order valence-electron chi connectivity index (χ1n) is 10.8. The number of carbonyl (C=O) groups is 1. The molecular formula is C24H23F4N5O. The number of aryl methyl sites for hydroxylation is 1. The highest BCUT2D eigenvalue weighted by Crippen LogP contribution is 2.31. The van der Waals surface area contributed by atoms with Crippen LogP contribution in [0.25, 0.3) is 11.3 Å². The molecule has 4 rings (SSSR count). The van der Waals surface area contributed by atoms with Crippen molar-refractivity contribution in [2.45, 2.75) is 38.9 Å². The van der Waals surface area contributed by atoms with E-state index in [-0.39, 0.29) is 23.6 Å². The number of carbonyl (C=O) groups excluding carboxylic acids is 1. The quantitative estimate of drug-likeness (QED) is 0.556. The smallest absolute Gasteiger partial charge is 0.356 e. The number of rotatable bonds is 4. The van der Waals surface area contributed by atoms with Crippen molar-refractivity contribution in [3.8, 4) is 11.3 Å². The maximum absolute atomic E-state index is 13.4. The molecule has 178 valence electrons. The van der Waals surface area contributed by atoms with Gasteiger partial charge in [0.15, 0.2) is 0 Å². The average molecular weight is 473 g/mol. The minimum absolute atomic E-state index is 0.128. The molecule has 1 N–H and O–H groups in total. The molecule has 0 unspecified atom stereocenters. The van der Waals surface area contributed by atoms with E-state index in [0.29, 0.717) is 54.0 Å². The average Bonchev–Trinajstić information content (AvgIpc) is 2.81. The first-order valence-corrected chi connectivity index (χ1v) is 10.8. The largest absolute Gasteiger partial charge is 0.451 e. The number of pyridine rings is 1. The van der Waals surface area contributed by atoms with Crippen molar-refractivity contribution in [2.75, 3.05) is 18.0 Å². The molecule has 6 nitrogen and oxygen atoms in total. The van der Waals surface area contributed by atoms with Crippen LogP contribution in [0.3, 0.4) is 0 Å². The molecule has 0 atom stereocenters. The third-order valence-corrected chi connectivity index (χ3v) is 5.89. The lowest BCUT2D eigenvalue weighted by atomic mass is 10.0. The van der Waals surface area contributed by atoms with Crippen molar-refractivity contribution in [2.24, 2.45) is 0 Å². The summed E-state index contributed by atoms with van der Waals surface area (Å²) in [5, 5.41) is 2.96. The van der Waals surface area contributed by atoms with Gasteiger partial charge in [0.25, 0.3) is 5.91 Å². The van der Waals surface area contributed by atoms with Gasteiger partial charge in [0.05, 0.1) is 11.3 Å². The monoisotopic (exact) mass is 473 g/mol. The van der Waals surface area contributed by atoms with Crippen molar-refractivity contribution in [1.29, 1.82) is 0 Å². The highest BCUT2D eigenvalue weighted by atomic mass is 19.4. The zero-order chi connectivity index (χ0) is 24.5. The second-order valence-corrected chi connectivity index (χ2v) is 8.26. The van der Waals surface area contributed by atoms with E-state index in [2.05, 4.69) is 20.3 Å². The van der Waals surface area contributed by atoms with Crippen LogP contribution in [0.15, 0.2) is 42.6 Å². The predicted octanol–water partition coefficient (Wildman–Crippen LogP) is 4.71. The van der Waals surface area contributed by atoms with Gasteiger partial charge in [0.1, 0.15) is 11.6 Å². The zero-order valence-corrected chi connectivity index (χ0v) is 18.7. The number of hydrogen-bond donors (Lipinski definition) is 1. The molecule has 10 heteroatoms. The summed E-state index contributed by atoms with van der Waals surface area (Å²) in [6.07, 6.45) is -2.05. The highest BCUT2D eigenvalue weighted by Gasteiger charge is 2.36. The number of anilines is 1. The lowest BCUT2D eigenvalue weighted by molar-refractivity contribution is -0.145. The number of amides is 1. The Morgan fingerprint density at radius 1 is 1.09 bits per heavy atom. The van der Waals surface area contributed by atoms with E-state index in [9.17, 15) is 22.4 Å². The van der Waals surface area contributed by atoms with E-state index in [1.165, 1.54) is 25.3 Å². The van der Waals surface area contributed by atoms with E-state index in [0.717, 1.165) is 0 Å². The molecule has 1 aliphatic heterocycles. The molecule has 2 aromatic heterocycles. The lowest BCUT2D eigenvalue weighted by Gasteiger charge is -2.34. The lowest BCUT2D eigenvalue weighted by Crippen LogP contribution is -2.45. The van der Waals surface area contributed by atoms with Crippen molar-refractivity contribution >= 4 is 11.7 Å². The number of hydrogen-bond acceptors (Lipinski definition) is 5. The van der Waals surface area contributed by atoms with Crippen molar-refractivity contribution in [3.05, 3.63) is 71.1 Å². The predicted molar refractivity (Wildman–Crippen MR) is 119 cm³/mol. The van der Waals surface area contributed by atoms with Gasteiger partial charge >= 0.3 is 6.18 Å². The standard InChI is InChI=1S/C24H23F4N5O/c1-14-15(2)30-23(24(26,27)28)32-21(14)33-10-8-19(9-11-33)31-22(34)17-6-7-20(29-13-17)16-4-3-5-18(25)12-16/h3-7,12-13,19H,8-11H2,1-2H3,(H,31,34). The van der Waals surface area contributed by atoms with E-state index < -0.39 is 12.0 Å². The Balaban J connectivity index is 1.38. The van der Waals surface area contributed by atoms with Crippen LogP contribution < -0.4 is 10.2 Å². The van der Waals surface area contributed by atoms with Gasteiger partial charge < -0.3 is 10.2 Å². The molecule has 1 aliphatic rings. The second-order valence-electron chi connectivity index (χ2n) is 8.26. The van der Waals surface area contributed by atoms with Gasteiger partial charge in [-0.15, -0.1) is 0 Å². The molecule has 3 heterocycles. The van der Waals surface area contributed by atoms with Crippen LogP contribution in [-0.2, 0) is 6.18 Å². The van der Waals surface area contributed by atoms with Crippen LogP contribution in [0.5, 0.6) is 0 Å². The number of aromatic nitrogens is 3. The molecule has 1 aromatic carbocycles. The summed E-state index contributed by atoms with van der Waals surface area (Å²) in [4.78, 5) is 26.1. The summed E-state index contributed by atoms with van der Waals surface area (Å²) < 4.78 is 52.8. The fourth-order valence-electron chi connectivity index (χ4n) is 3.90. The highest BCUT2D eigenvalue weighted by molar-refractivity contribution is 5.94. The van der Waals surface area contributed by atoms with Gasteiger partial charge in [0, 0.05) is 42.1 Å². The molecular weight excluding hydrogens is 450 g/mol. The summed E-state index contributed by atoms with van der Waals surface area (Å²) in [5.41, 5.74) is 2.45. The van der Waals surface area contributed by atoms with E-state index in [1.807, 2.05) is 0 Å². The van der Waals surface area contributed by atoms with Crippen molar-refractivity contribution in [3.63, 3.8) is 0 Å². The summed E-state index contributed by atoms with van der Waals surface area (Å²) >= 11 is 0. The van der Waals surface area contributed by atoms with E-state index in [1.54, 1.807) is 36.1 Å². The van der Waals surface area contributed by atoms with Crippen molar-refractivity contribution in [1.82, 2.24) is 20.3 Å². The van der Waals surface area contributed by atoms with Crippen LogP contribution in [0.2, 0.25) is 0 Å². The maximum Gasteiger partial charge on any atom is 0.451 e. The van der Waals surface area contributed by atoms with Gasteiger partial charge in [-0.3, -0.25) is 9.78 Å². The minimum atomic E-state index is -4.61. The maximum atomic E-state index is 13.4. The summed E-state index contributed by atoms with van der Waals surface area (Å²) in [7, 11) is 0. The molecule has 3 aromatic rings. The Morgan fingerprint density at radius 3 is 2.44 bits per heavy atom. The molecule has 0 bridgehead atoms. The van der Waals surface area contributed by atoms with Crippen LogP contribution in [0.1, 0.15) is 40.3 Å². The number of halogens is 4. The summed E-state index contributed by atoms with van der Waals surface area (Å²) in [5.74, 6) is -1.52. The topological polar surface area (TPSA) is 71.0 Å². The molecule has 1 amide bonds. The Labute approximate surface area is 194 Å². The second kappa shape index (κ2) is 9.36. The normalized spacial score (nSPS) is 14.8. The van der Waals surface area contributed by atoms with Gasteiger partial charge in [-0.25, -0.2) is 14.4 Å². The van der Waals surface area contributed by atoms with Crippen LogP contribution in [0, 0.1) is 19.7 Å². The molecule has 1 fully saturated rings. The van der Waals surface area contributed by atoms with Crippen LogP contribution in [-0.4, -0.2) is 40.0 Å². The SMILES string of the molecule is Cc1nc(C(F)(F)F)nc(N2CCC(NC(=O)c3ccc(-c4cccc(F)c4)nc3)CC2)c1C. The number of alkyl halides is 3. The fraction of sp³-hybridized carbons (Fsp3) is 0.333. The number of nitrogens with zero attached hydrogens (tertiary/aromatic N) is 4. The van der Waals surface area contributed by atoms with Gasteiger partial charge in [-0.2, -0.15) is 13.2 Å². The van der Waals surface area contributed by atoms with Gasteiger partial charge in [0.2, 0.25) is 5.82 Å². The molecule has 0 saturated carbocycles. The molecule has 0 spiro atoms. The Bertz CT molecular complexity index is 1190. The minimum Gasteiger partial charge on any atom is -0.356 e. The Morgan fingerprint density at radius 2 is 1.82 bits per heavy atom. The van der Waals surface area contributed by atoms with Crippen LogP contribution >= 0.6 is 0 Å². The van der Waals surface area contributed by atoms with Crippen LogP contribution in [0.4, 0.5) is 23.4 Å². The van der Waals surface area contributed by atoms with E-state index >= 15 is 0 Å². The summed E-state index contributed by atoms with van der Waals surface area (Å²) in [6, 6.07) is 9.20. The third-order valence-electron chi connectivity index (χ3n) is 5.89. The first kappa shape index (κ1) is 23.6. The molecule has 0 radical (unpaired) electrons. The molecule has 0 aliphatic carbocycles. The number of piperidine rings is 1. The molecule has 34 heavy (non-hydrogen) atoms. The van der Waals surface area contributed by atoms with Crippen molar-refractivity contribution < 1.29 is 22.4 Å². The van der Waals surface area contributed by atoms with Gasteiger partial charge in [-0.05, 0) is 51.0 Å². The molecule has 1 saturated heterocycles. The third kappa shape index (κ3) is 5.16. The Kier molecular flexibility index (Phi) is 6.49. The summed E-state index contributed by atoms with van der Waals surface area (Å²) in [6.45, 7) is 4.15. The number of benzene rings is 1. The fourth-order valence-corrected chi connectivity index (χ4v) is 3.90.